The molecule has 2 aromatic rings. The van der Waals surface area contributed by atoms with Gasteiger partial charge in [0.1, 0.15) is 0 Å². The van der Waals surface area contributed by atoms with E-state index < -0.39 is 0 Å². The van der Waals surface area contributed by atoms with E-state index in [9.17, 15) is 4.79 Å². The number of hydrogen-bond acceptors (Lipinski definition) is 3. The molecule has 0 amide bonds. The lowest BCUT2D eigenvalue weighted by Crippen LogP contribution is -2.15. The lowest BCUT2D eigenvalue weighted by atomic mass is 10.1. The highest BCUT2D eigenvalue weighted by molar-refractivity contribution is 5.76. The molecule has 0 fully saturated rings. The van der Waals surface area contributed by atoms with Crippen molar-refractivity contribution in [1.82, 2.24) is 4.57 Å². The molecule has 1 aromatic carbocycles. The third-order valence-corrected chi connectivity index (χ3v) is 2.62. The van der Waals surface area contributed by atoms with Crippen molar-refractivity contribution < 1.29 is 4.42 Å². The van der Waals surface area contributed by atoms with Gasteiger partial charge < -0.3 is 10.2 Å². The molecule has 2 rings (SSSR count). The molecule has 0 aliphatic rings. The van der Waals surface area contributed by atoms with E-state index in [0.717, 1.165) is 11.9 Å². The van der Waals surface area contributed by atoms with Gasteiger partial charge in [-0.15, -0.1) is 0 Å². The first-order chi connectivity index (χ1) is 7.58. The summed E-state index contributed by atoms with van der Waals surface area (Å²) in [7, 11) is 0. The minimum absolute atomic E-state index is 0.304. The Morgan fingerprint density at radius 2 is 2.19 bits per heavy atom. The first kappa shape index (κ1) is 10.8. The number of benzene rings is 1. The maximum atomic E-state index is 11.6. The van der Waals surface area contributed by atoms with Crippen LogP contribution in [0, 0.1) is 5.92 Å². The Bertz CT molecular complexity index is 552. The molecule has 16 heavy (non-hydrogen) atoms. The van der Waals surface area contributed by atoms with E-state index in [1.165, 1.54) is 0 Å². The normalized spacial score (nSPS) is 11.4. The molecular formula is C12H16N2O2. The van der Waals surface area contributed by atoms with Crippen LogP contribution in [-0.2, 0) is 6.54 Å². The molecule has 0 aliphatic carbocycles. The second-order valence-electron chi connectivity index (χ2n) is 4.43. The fourth-order valence-corrected chi connectivity index (χ4v) is 1.68. The first-order valence-electron chi connectivity index (χ1n) is 5.47. The van der Waals surface area contributed by atoms with Crippen LogP contribution in [0.15, 0.2) is 27.4 Å². The molecule has 1 heterocycles. The van der Waals surface area contributed by atoms with Crippen molar-refractivity contribution >= 4 is 16.8 Å². The lowest BCUT2D eigenvalue weighted by Gasteiger charge is -2.04. The predicted molar refractivity (Wildman–Crippen MR) is 64.3 cm³/mol. The van der Waals surface area contributed by atoms with Crippen molar-refractivity contribution in [1.29, 1.82) is 0 Å². The monoisotopic (exact) mass is 220 g/mol. The second kappa shape index (κ2) is 4.04. The van der Waals surface area contributed by atoms with Gasteiger partial charge in [0.2, 0.25) is 0 Å². The number of oxazole rings is 1. The van der Waals surface area contributed by atoms with Crippen molar-refractivity contribution in [3.05, 3.63) is 28.7 Å². The highest BCUT2D eigenvalue weighted by Crippen LogP contribution is 2.17. The van der Waals surface area contributed by atoms with Crippen LogP contribution < -0.4 is 11.5 Å². The Morgan fingerprint density at radius 3 is 2.88 bits per heavy atom. The van der Waals surface area contributed by atoms with Gasteiger partial charge in [0.25, 0.3) is 0 Å². The summed E-state index contributed by atoms with van der Waals surface area (Å²) in [6.07, 6.45) is 0.957. The summed E-state index contributed by atoms with van der Waals surface area (Å²) >= 11 is 0. The standard InChI is InChI=1S/C12H16N2O2/c1-8(2)5-6-14-10-4-3-9(13)7-11(10)16-12(14)15/h3-4,7-8H,5-6,13H2,1-2H3. The van der Waals surface area contributed by atoms with Gasteiger partial charge in [0.15, 0.2) is 5.58 Å². The third kappa shape index (κ3) is 1.96. The van der Waals surface area contributed by atoms with Gasteiger partial charge in [0.05, 0.1) is 5.52 Å². The summed E-state index contributed by atoms with van der Waals surface area (Å²) in [5.41, 5.74) is 7.63. The summed E-state index contributed by atoms with van der Waals surface area (Å²) in [4.78, 5) is 11.6. The van der Waals surface area contributed by atoms with Crippen molar-refractivity contribution in [3.8, 4) is 0 Å². The number of nitrogens with zero attached hydrogens (tertiary/aromatic N) is 1. The zero-order valence-electron chi connectivity index (χ0n) is 9.56. The number of hydrogen-bond donors (Lipinski definition) is 1. The molecule has 0 unspecified atom stereocenters. The Kier molecular flexibility index (Phi) is 2.73. The van der Waals surface area contributed by atoms with Crippen LogP contribution in [0.25, 0.3) is 11.1 Å². The topological polar surface area (TPSA) is 61.2 Å². The number of nitrogen functional groups attached to an aromatic ring is 1. The van der Waals surface area contributed by atoms with Gasteiger partial charge in [-0.2, -0.15) is 0 Å². The number of fused-ring (bicyclic) bond motifs is 1. The van der Waals surface area contributed by atoms with E-state index in [-0.39, 0.29) is 5.76 Å². The van der Waals surface area contributed by atoms with E-state index in [1.807, 2.05) is 6.07 Å². The van der Waals surface area contributed by atoms with Crippen LogP contribution in [0.4, 0.5) is 5.69 Å². The average molecular weight is 220 g/mol. The van der Waals surface area contributed by atoms with Crippen molar-refractivity contribution in [2.24, 2.45) is 5.92 Å². The number of rotatable bonds is 3. The predicted octanol–water partition coefficient (Wildman–Crippen LogP) is 2.22. The molecule has 1 aromatic heterocycles. The van der Waals surface area contributed by atoms with Gasteiger partial charge in [-0.05, 0) is 24.5 Å². The SMILES string of the molecule is CC(C)CCn1c(=O)oc2cc(N)ccc21. The summed E-state index contributed by atoms with van der Waals surface area (Å²) < 4.78 is 6.80. The third-order valence-electron chi connectivity index (χ3n) is 2.62. The van der Waals surface area contributed by atoms with Crippen molar-refractivity contribution in [2.45, 2.75) is 26.8 Å². The highest BCUT2D eigenvalue weighted by Gasteiger charge is 2.09. The maximum Gasteiger partial charge on any atom is 0.419 e. The molecule has 86 valence electrons. The summed E-state index contributed by atoms with van der Waals surface area (Å²) in [5.74, 6) is 0.256. The number of anilines is 1. The van der Waals surface area contributed by atoms with E-state index in [0.29, 0.717) is 23.7 Å². The molecule has 2 N–H and O–H groups in total. The molecule has 0 spiro atoms. The van der Waals surface area contributed by atoms with Crippen LogP contribution in [0.3, 0.4) is 0 Å². The smallest absolute Gasteiger partial charge is 0.408 e. The zero-order chi connectivity index (χ0) is 11.7. The maximum absolute atomic E-state index is 11.6. The fraction of sp³-hybridized carbons (Fsp3) is 0.417. The number of aryl methyl sites for hydroxylation is 1. The van der Waals surface area contributed by atoms with Crippen LogP contribution in [-0.4, -0.2) is 4.57 Å². The lowest BCUT2D eigenvalue weighted by molar-refractivity contribution is 0.465. The van der Waals surface area contributed by atoms with Crippen LogP contribution in [0.2, 0.25) is 0 Å². The second-order valence-corrected chi connectivity index (χ2v) is 4.43. The molecule has 0 bridgehead atoms. The zero-order valence-corrected chi connectivity index (χ0v) is 9.56. The fourth-order valence-electron chi connectivity index (χ4n) is 1.68. The molecule has 0 saturated carbocycles. The number of aromatic nitrogens is 1. The van der Waals surface area contributed by atoms with Crippen LogP contribution in [0.5, 0.6) is 0 Å². The quantitative estimate of drug-likeness (QED) is 0.807. The van der Waals surface area contributed by atoms with Crippen molar-refractivity contribution in [3.63, 3.8) is 0 Å². The number of nitrogens with two attached hydrogens (primary N) is 1. The van der Waals surface area contributed by atoms with Gasteiger partial charge in [-0.25, -0.2) is 4.79 Å². The van der Waals surface area contributed by atoms with E-state index in [1.54, 1.807) is 16.7 Å². The molecule has 0 atom stereocenters. The largest absolute Gasteiger partial charge is 0.419 e. The summed E-state index contributed by atoms with van der Waals surface area (Å²) in [6.45, 7) is 4.95. The first-order valence-corrected chi connectivity index (χ1v) is 5.47. The van der Waals surface area contributed by atoms with Gasteiger partial charge >= 0.3 is 5.76 Å². The van der Waals surface area contributed by atoms with E-state index >= 15 is 0 Å². The molecule has 0 saturated heterocycles. The van der Waals surface area contributed by atoms with Crippen LogP contribution in [0.1, 0.15) is 20.3 Å². The van der Waals surface area contributed by atoms with Gasteiger partial charge in [-0.3, -0.25) is 4.57 Å². The highest BCUT2D eigenvalue weighted by atomic mass is 16.4. The molecule has 4 heteroatoms. The Morgan fingerprint density at radius 1 is 1.44 bits per heavy atom. The molecule has 0 aliphatic heterocycles. The van der Waals surface area contributed by atoms with Gasteiger partial charge in [0, 0.05) is 18.3 Å². The van der Waals surface area contributed by atoms with Crippen molar-refractivity contribution in [2.75, 3.05) is 5.73 Å². The van der Waals surface area contributed by atoms with E-state index in [4.69, 9.17) is 10.2 Å². The molecule has 0 radical (unpaired) electrons. The minimum Gasteiger partial charge on any atom is -0.408 e. The Hall–Kier alpha value is -1.71. The molecule has 4 nitrogen and oxygen atoms in total. The molecular weight excluding hydrogens is 204 g/mol. The van der Waals surface area contributed by atoms with Crippen LogP contribution >= 0.6 is 0 Å². The Labute approximate surface area is 93.7 Å². The average Bonchev–Trinajstić information content (AvgIpc) is 2.50. The van der Waals surface area contributed by atoms with E-state index in [2.05, 4.69) is 13.8 Å². The summed E-state index contributed by atoms with van der Waals surface area (Å²) in [5, 5.41) is 0. The Balaban J connectivity index is 2.44. The minimum atomic E-state index is -0.304. The van der Waals surface area contributed by atoms with Gasteiger partial charge in [-0.1, -0.05) is 13.8 Å². The summed E-state index contributed by atoms with van der Waals surface area (Å²) in [6, 6.07) is 5.29.